The number of hydrogen-bond donors (Lipinski definition) is 11. The van der Waals surface area contributed by atoms with Crippen molar-refractivity contribution in [2.24, 2.45) is 33.7 Å². The van der Waals surface area contributed by atoms with Gasteiger partial charge in [0.2, 0.25) is 29.5 Å². The predicted molar refractivity (Wildman–Crippen MR) is 188 cm³/mol. The second kappa shape index (κ2) is 24.3. The van der Waals surface area contributed by atoms with Crippen LogP contribution in [0.15, 0.2) is 35.3 Å². The SMILES string of the molecule is C[C@H](NC(=O)[C@H](CCCCN)NC(=O)CN)C(=O)N[C@@H](Cc1ccccc1)C(=O)N[C@@H](CCCN=C(N)N)C(=O)N[C@@H](CCCCN)C(=O)O. The first-order valence-electron chi connectivity index (χ1n) is 16.8. The van der Waals surface area contributed by atoms with Crippen LogP contribution < -0.4 is 55.3 Å². The maximum Gasteiger partial charge on any atom is 0.326 e. The van der Waals surface area contributed by atoms with Gasteiger partial charge in [0, 0.05) is 13.0 Å². The third-order valence-corrected chi connectivity index (χ3v) is 7.59. The van der Waals surface area contributed by atoms with Crippen LogP contribution in [0.1, 0.15) is 63.9 Å². The molecule has 1 aromatic rings. The molecule has 18 heteroatoms. The van der Waals surface area contributed by atoms with Gasteiger partial charge in [-0.05, 0) is 76.9 Å². The fourth-order valence-electron chi connectivity index (χ4n) is 4.82. The Bertz CT molecular complexity index is 1260. The molecule has 0 heterocycles. The highest BCUT2D eigenvalue weighted by molar-refractivity contribution is 5.96. The predicted octanol–water partition coefficient (Wildman–Crippen LogP) is -2.97. The van der Waals surface area contributed by atoms with Crippen molar-refractivity contribution >= 4 is 41.5 Å². The molecule has 0 aromatic heterocycles. The number of nitrogens with one attached hydrogen (secondary N) is 5. The van der Waals surface area contributed by atoms with E-state index in [2.05, 4.69) is 31.6 Å². The van der Waals surface area contributed by atoms with Crippen LogP contribution in [-0.2, 0) is 35.2 Å². The molecule has 16 N–H and O–H groups in total. The number of nitrogens with zero attached hydrogens (tertiary/aromatic N) is 1. The van der Waals surface area contributed by atoms with E-state index in [1.807, 2.05) is 0 Å². The number of rotatable bonds is 25. The van der Waals surface area contributed by atoms with Gasteiger partial charge in [0.1, 0.15) is 30.2 Å². The van der Waals surface area contributed by atoms with E-state index in [9.17, 15) is 33.9 Å². The summed E-state index contributed by atoms with van der Waals surface area (Å²) in [6, 6.07) is 3.07. The van der Waals surface area contributed by atoms with Gasteiger partial charge in [-0.2, -0.15) is 0 Å². The number of aliphatic imine (C=N–C) groups is 1. The van der Waals surface area contributed by atoms with Gasteiger partial charge in [-0.25, -0.2) is 4.79 Å². The Morgan fingerprint density at radius 2 is 1.16 bits per heavy atom. The molecule has 0 aliphatic rings. The van der Waals surface area contributed by atoms with Crippen molar-refractivity contribution in [1.82, 2.24) is 26.6 Å². The highest BCUT2D eigenvalue weighted by Gasteiger charge is 2.31. The van der Waals surface area contributed by atoms with E-state index in [4.69, 9.17) is 28.7 Å². The van der Waals surface area contributed by atoms with Crippen LogP contribution in [0.25, 0.3) is 0 Å². The number of guanidine groups is 1. The highest BCUT2D eigenvalue weighted by Crippen LogP contribution is 2.08. The van der Waals surface area contributed by atoms with Crippen LogP contribution in [0.3, 0.4) is 0 Å². The molecular weight excluding hydrogens is 650 g/mol. The van der Waals surface area contributed by atoms with Crippen molar-refractivity contribution in [3.05, 3.63) is 35.9 Å². The summed E-state index contributed by atoms with van der Waals surface area (Å²) < 4.78 is 0. The highest BCUT2D eigenvalue weighted by atomic mass is 16.4. The van der Waals surface area contributed by atoms with Crippen molar-refractivity contribution in [3.63, 3.8) is 0 Å². The minimum absolute atomic E-state index is 0.0204. The number of unbranched alkanes of at least 4 members (excludes halogenated alkanes) is 2. The lowest BCUT2D eigenvalue weighted by Crippen LogP contribution is -2.59. The van der Waals surface area contributed by atoms with Gasteiger partial charge in [0.05, 0.1) is 6.54 Å². The van der Waals surface area contributed by atoms with Gasteiger partial charge in [-0.3, -0.25) is 29.0 Å². The first-order valence-corrected chi connectivity index (χ1v) is 16.8. The molecule has 1 rings (SSSR count). The number of benzene rings is 1. The smallest absolute Gasteiger partial charge is 0.326 e. The van der Waals surface area contributed by atoms with E-state index in [1.54, 1.807) is 30.3 Å². The normalized spacial score (nSPS) is 13.8. The average Bonchev–Trinajstić information content (AvgIpc) is 3.08. The topological polar surface area (TPSA) is 325 Å². The first-order chi connectivity index (χ1) is 23.8. The molecule has 18 nitrogen and oxygen atoms in total. The number of nitrogens with two attached hydrogens (primary N) is 5. The van der Waals surface area contributed by atoms with Crippen molar-refractivity contribution < 1.29 is 33.9 Å². The number of amides is 5. The monoisotopic (exact) mass is 705 g/mol. The van der Waals surface area contributed by atoms with Gasteiger partial charge >= 0.3 is 5.97 Å². The summed E-state index contributed by atoms with van der Waals surface area (Å²) >= 11 is 0. The molecule has 0 saturated carbocycles. The molecule has 0 aliphatic carbocycles. The molecule has 50 heavy (non-hydrogen) atoms. The fraction of sp³-hybridized carbons (Fsp3) is 0.594. The minimum Gasteiger partial charge on any atom is -0.480 e. The molecule has 0 unspecified atom stereocenters. The fourth-order valence-corrected chi connectivity index (χ4v) is 4.82. The Labute approximate surface area is 292 Å². The van der Waals surface area contributed by atoms with Crippen LogP contribution in [-0.4, -0.2) is 103 Å². The van der Waals surface area contributed by atoms with Crippen LogP contribution in [0.2, 0.25) is 0 Å². The van der Waals surface area contributed by atoms with E-state index in [-0.39, 0.29) is 51.2 Å². The molecule has 280 valence electrons. The number of carboxylic acid groups (broad SMARTS) is 1. The molecule has 0 radical (unpaired) electrons. The van der Waals surface area contributed by atoms with E-state index in [0.29, 0.717) is 44.3 Å². The van der Waals surface area contributed by atoms with Crippen molar-refractivity contribution in [3.8, 4) is 0 Å². The largest absolute Gasteiger partial charge is 0.480 e. The Kier molecular flexibility index (Phi) is 21.0. The zero-order valence-electron chi connectivity index (χ0n) is 28.7. The maximum absolute atomic E-state index is 13.8. The summed E-state index contributed by atoms with van der Waals surface area (Å²) in [6.45, 7) is 1.99. The Morgan fingerprint density at radius 1 is 0.660 bits per heavy atom. The van der Waals surface area contributed by atoms with Gasteiger partial charge in [0.25, 0.3) is 0 Å². The van der Waals surface area contributed by atoms with E-state index < -0.39 is 65.7 Å². The number of carbonyl (C=O) groups is 6. The third-order valence-electron chi connectivity index (χ3n) is 7.59. The molecule has 1 aromatic carbocycles. The molecule has 5 atom stereocenters. The van der Waals surface area contributed by atoms with Gasteiger partial charge in [-0.1, -0.05) is 30.3 Å². The molecule has 0 bridgehead atoms. The summed E-state index contributed by atoms with van der Waals surface area (Å²) in [4.78, 5) is 81.2. The summed E-state index contributed by atoms with van der Waals surface area (Å²) in [5, 5.41) is 22.6. The molecule has 0 saturated heterocycles. The molecular formula is C32H55N11O7. The molecule has 5 amide bonds. The number of hydrogen-bond acceptors (Lipinski definition) is 10. The molecule has 0 spiro atoms. The van der Waals surface area contributed by atoms with Gasteiger partial charge in [-0.15, -0.1) is 0 Å². The van der Waals surface area contributed by atoms with Crippen LogP contribution in [0.5, 0.6) is 0 Å². The van der Waals surface area contributed by atoms with Crippen LogP contribution in [0, 0.1) is 0 Å². The third kappa shape index (κ3) is 17.5. The summed E-state index contributed by atoms with van der Waals surface area (Å²) in [6.07, 6.45) is 2.91. The summed E-state index contributed by atoms with van der Waals surface area (Å²) in [5.41, 5.74) is 28.0. The van der Waals surface area contributed by atoms with E-state index in [0.717, 1.165) is 0 Å². The Balaban J connectivity index is 3.21. The zero-order valence-corrected chi connectivity index (χ0v) is 28.7. The standard InChI is InChI=1S/C32H55N11O7/c1-20(39-28(46)22(12-5-7-15-33)40-26(44)19-35)27(45)43-25(18-21-10-3-2-4-11-21)30(48)41-23(14-9-17-38-32(36)37)29(47)42-24(31(49)50)13-6-8-16-34/h2-4,10-11,20,22-25H,5-9,12-19,33-35H2,1H3,(H,39,46)(H,40,44)(H,41,48)(H,42,47)(H,43,45)(H,49,50)(H4,36,37,38)/t20-,22-,23-,24-,25-/m0/s1. The van der Waals surface area contributed by atoms with Crippen molar-refractivity contribution in [2.45, 2.75) is 94.9 Å². The van der Waals surface area contributed by atoms with E-state index >= 15 is 0 Å². The van der Waals surface area contributed by atoms with Crippen LogP contribution in [0.4, 0.5) is 0 Å². The number of carboxylic acids is 1. The lowest BCUT2D eigenvalue weighted by molar-refractivity contribution is -0.142. The second-order valence-electron chi connectivity index (χ2n) is 11.8. The second-order valence-corrected chi connectivity index (χ2v) is 11.8. The van der Waals surface area contributed by atoms with Gasteiger partial charge in [0.15, 0.2) is 5.96 Å². The van der Waals surface area contributed by atoms with Crippen molar-refractivity contribution in [1.29, 1.82) is 0 Å². The van der Waals surface area contributed by atoms with Gasteiger partial charge < -0.3 is 60.4 Å². The number of aliphatic carboxylic acids is 1. The number of carbonyl (C=O) groups excluding carboxylic acids is 5. The quantitative estimate of drug-likeness (QED) is 0.0276. The minimum atomic E-state index is -1.24. The Hall–Kier alpha value is -4.81. The van der Waals surface area contributed by atoms with Crippen LogP contribution >= 0.6 is 0 Å². The first kappa shape index (κ1) is 43.2. The van der Waals surface area contributed by atoms with Crippen molar-refractivity contribution in [2.75, 3.05) is 26.2 Å². The lowest BCUT2D eigenvalue weighted by atomic mass is 10.0. The maximum atomic E-state index is 13.8. The average molecular weight is 706 g/mol. The Morgan fingerprint density at radius 3 is 1.72 bits per heavy atom. The molecule has 0 fully saturated rings. The zero-order chi connectivity index (χ0) is 37.5. The summed E-state index contributed by atoms with van der Waals surface area (Å²) in [5.74, 6) is -4.74. The molecule has 0 aliphatic heterocycles. The summed E-state index contributed by atoms with van der Waals surface area (Å²) in [7, 11) is 0. The lowest BCUT2D eigenvalue weighted by Gasteiger charge is -2.26. The van der Waals surface area contributed by atoms with E-state index in [1.165, 1.54) is 6.92 Å².